The van der Waals surface area contributed by atoms with Crippen molar-refractivity contribution in [3.63, 3.8) is 0 Å². The van der Waals surface area contributed by atoms with Crippen LogP contribution in [-0.4, -0.2) is 29.4 Å². The predicted molar refractivity (Wildman–Crippen MR) is 43.0 cm³/mol. The highest BCUT2D eigenvalue weighted by Crippen LogP contribution is 1.93. The summed E-state index contributed by atoms with van der Waals surface area (Å²) in [6, 6.07) is 0. The first-order valence-corrected chi connectivity index (χ1v) is 3.49. The second kappa shape index (κ2) is 5.08. The molecule has 0 saturated heterocycles. The molecule has 0 unspecified atom stereocenters. The smallest absolute Gasteiger partial charge is 0.333 e. The average Bonchev–Trinajstić information content (AvgIpc) is 1.98. The Kier molecular flexibility index (Phi) is 4.43. The molecule has 0 aliphatic carbocycles. The topological polar surface area (TPSA) is 80.7 Å². The minimum Gasteiger partial charge on any atom is -0.481 e. The summed E-state index contributed by atoms with van der Waals surface area (Å²) in [5, 5.41) is 8.18. The average molecular weight is 186 g/mol. The number of carboxylic acid groups (broad SMARTS) is 1. The molecule has 0 aromatic rings. The largest absolute Gasteiger partial charge is 0.481 e. The van der Waals surface area contributed by atoms with Gasteiger partial charge in [0.15, 0.2) is 12.4 Å². The number of aliphatic carboxylic acids is 1. The molecule has 0 aromatic carbocycles. The molecule has 0 spiro atoms. The summed E-state index contributed by atoms with van der Waals surface area (Å²) in [5.41, 5.74) is 0.170. The third kappa shape index (κ3) is 5.60. The van der Waals surface area contributed by atoms with Crippen LogP contribution in [0.1, 0.15) is 13.3 Å². The standard InChI is InChI=1S/C8H10O5/c1-5(2)8(12)13-4-6(9)3-7(10)11/h1,3-4H2,2H3,(H,10,11). The van der Waals surface area contributed by atoms with Crippen molar-refractivity contribution in [2.75, 3.05) is 6.61 Å². The zero-order valence-corrected chi connectivity index (χ0v) is 7.20. The van der Waals surface area contributed by atoms with Crippen LogP contribution in [0.15, 0.2) is 12.2 Å². The van der Waals surface area contributed by atoms with Gasteiger partial charge in [-0.05, 0) is 6.92 Å². The molecule has 0 aliphatic rings. The lowest BCUT2D eigenvalue weighted by Gasteiger charge is -2.01. The molecular weight excluding hydrogens is 176 g/mol. The maximum Gasteiger partial charge on any atom is 0.333 e. The van der Waals surface area contributed by atoms with Crippen LogP contribution in [0.2, 0.25) is 0 Å². The summed E-state index contributed by atoms with van der Waals surface area (Å²) in [7, 11) is 0. The van der Waals surface area contributed by atoms with E-state index in [2.05, 4.69) is 11.3 Å². The van der Waals surface area contributed by atoms with Crippen LogP contribution >= 0.6 is 0 Å². The van der Waals surface area contributed by atoms with Gasteiger partial charge in [0, 0.05) is 5.57 Å². The first-order valence-electron chi connectivity index (χ1n) is 3.49. The van der Waals surface area contributed by atoms with Crippen LogP contribution < -0.4 is 0 Å². The van der Waals surface area contributed by atoms with Gasteiger partial charge in [-0.25, -0.2) is 4.79 Å². The lowest BCUT2D eigenvalue weighted by atomic mass is 10.3. The van der Waals surface area contributed by atoms with Crippen LogP contribution in [0.5, 0.6) is 0 Å². The van der Waals surface area contributed by atoms with E-state index in [9.17, 15) is 14.4 Å². The lowest BCUT2D eigenvalue weighted by molar-refractivity contribution is -0.147. The number of hydrogen-bond donors (Lipinski definition) is 1. The molecule has 0 radical (unpaired) electrons. The fourth-order valence-electron chi connectivity index (χ4n) is 0.489. The summed E-state index contributed by atoms with van der Waals surface area (Å²) in [6.07, 6.45) is -0.635. The molecule has 0 aromatic heterocycles. The van der Waals surface area contributed by atoms with E-state index >= 15 is 0 Å². The van der Waals surface area contributed by atoms with Crippen molar-refractivity contribution in [2.45, 2.75) is 13.3 Å². The highest BCUT2D eigenvalue weighted by atomic mass is 16.5. The molecule has 13 heavy (non-hydrogen) atoms. The fraction of sp³-hybridized carbons (Fsp3) is 0.375. The minimum atomic E-state index is -1.24. The lowest BCUT2D eigenvalue weighted by Crippen LogP contribution is -2.16. The van der Waals surface area contributed by atoms with Crippen LogP contribution in [-0.2, 0) is 19.1 Å². The summed E-state index contributed by atoms with van der Waals surface area (Å²) >= 11 is 0. The molecule has 0 bridgehead atoms. The van der Waals surface area contributed by atoms with Crippen LogP contribution in [0.3, 0.4) is 0 Å². The second-order valence-corrected chi connectivity index (χ2v) is 2.47. The molecule has 0 rings (SSSR count). The molecule has 1 N–H and O–H groups in total. The SMILES string of the molecule is C=C(C)C(=O)OCC(=O)CC(=O)O. The minimum absolute atomic E-state index is 0.170. The second-order valence-electron chi connectivity index (χ2n) is 2.47. The number of ketones is 1. The van der Waals surface area contributed by atoms with Crippen molar-refractivity contribution >= 4 is 17.7 Å². The van der Waals surface area contributed by atoms with Crippen molar-refractivity contribution in [3.05, 3.63) is 12.2 Å². The van der Waals surface area contributed by atoms with E-state index in [0.29, 0.717) is 0 Å². The predicted octanol–water partition coefficient (Wildman–Crippen LogP) is 0.149. The third-order valence-corrected chi connectivity index (χ3v) is 1.06. The number of carboxylic acids is 1. The Morgan fingerprint density at radius 1 is 1.38 bits per heavy atom. The number of carbonyl (C=O) groups is 3. The Morgan fingerprint density at radius 3 is 2.31 bits per heavy atom. The van der Waals surface area contributed by atoms with Gasteiger partial charge in [-0.1, -0.05) is 6.58 Å². The Bertz CT molecular complexity index is 253. The molecule has 0 aliphatic heterocycles. The molecule has 0 atom stereocenters. The molecule has 5 nitrogen and oxygen atoms in total. The number of carbonyl (C=O) groups excluding carboxylic acids is 2. The number of rotatable bonds is 5. The number of ether oxygens (including phenoxy) is 1. The number of hydrogen-bond acceptors (Lipinski definition) is 4. The van der Waals surface area contributed by atoms with Gasteiger partial charge < -0.3 is 9.84 Å². The normalized spacial score (nSPS) is 9.00. The van der Waals surface area contributed by atoms with Gasteiger partial charge in [0.1, 0.15) is 6.42 Å². The fourth-order valence-corrected chi connectivity index (χ4v) is 0.489. The Morgan fingerprint density at radius 2 is 1.92 bits per heavy atom. The number of Topliss-reactive ketones (excluding diaryl/α,β-unsaturated/α-hetero) is 1. The number of esters is 1. The van der Waals surface area contributed by atoms with Gasteiger partial charge in [0.05, 0.1) is 0 Å². The summed E-state index contributed by atoms with van der Waals surface area (Å²) in [5.74, 6) is -2.59. The molecule has 0 saturated carbocycles. The maximum absolute atomic E-state index is 10.7. The van der Waals surface area contributed by atoms with E-state index < -0.39 is 30.7 Å². The van der Waals surface area contributed by atoms with Crippen molar-refractivity contribution in [2.24, 2.45) is 0 Å². The molecule has 72 valence electrons. The van der Waals surface area contributed by atoms with Gasteiger partial charge in [-0.2, -0.15) is 0 Å². The summed E-state index contributed by atoms with van der Waals surface area (Å²) < 4.78 is 4.41. The molecular formula is C8H10O5. The van der Waals surface area contributed by atoms with E-state index in [-0.39, 0.29) is 5.57 Å². The van der Waals surface area contributed by atoms with Crippen LogP contribution in [0.25, 0.3) is 0 Å². The zero-order chi connectivity index (χ0) is 10.4. The Labute approximate surface area is 75.0 Å². The van der Waals surface area contributed by atoms with Gasteiger partial charge in [-0.3, -0.25) is 9.59 Å². The van der Waals surface area contributed by atoms with E-state index in [4.69, 9.17) is 5.11 Å². The Hall–Kier alpha value is -1.65. The van der Waals surface area contributed by atoms with E-state index in [1.54, 1.807) is 0 Å². The maximum atomic E-state index is 10.7. The Balaban J connectivity index is 3.77. The van der Waals surface area contributed by atoms with Gasteiger partial charge in [0.2, 0.25) is 0 Å². The van der Waals surface area contributed by atoms with Crippen LogP contribution in [0, 0.1) is 0 Å². The van der Waals surface area contributed by atoms with E-state index in [1.807, 2.05) is 0 Å². The highest BCUT2D eigenvalue weighted by molar-refractivity contribution is 5.97. The van der Waals surface area contributed by atoms with Gasteiger partial charge in [-0.15, -0.1) is 0 Å². The first-order chi connectivity index (χ1) is 5.93. The van der Waals surface area contributed by atoms with Crippen molar-refractivity contribution < 1.29 is 24.2 Å². The van der Waals surface area contributed by atoms with Gasteiger partial charge >= 0.3 is 11.9 Å². The molecule has 0 heterocycles. The molecule has 0 amide bonds. The quantitative estimate of drug-likeness (QED) is 0.375. The molecule has 0 fully saturated rings. The summed E-state index contributed by atoms with van der Waals surface area (Å²) in [6.45, 7) is 4.21. The van der Waals surface area contributed by atoms with Crippen molar-refractivity contribution in [1.82, 2.24) is 0 Å². The molecule has 5 heteroatoms. The van der Waals surface area contributed by atoms with Crippen molar-refractivity contribution in [3.8, 4) is 0 Å². The zero-order valence-electron chi connectivity index (χ0n) is 7.20. The highest BCUT2D eigenvalue weighted by Gasteiger charge is 2.10. The van der Waals surface area contributed by atoms with E-state index in [0.717, 1.165) is 0 Å². The summed E-state index contributed by atoms with van der Waals surface area (Å²) in [4.78, 5) is 31.4. The van der Waals surface area contributed by atoms with Gasteiger partial charge in [0.25, 0.3) is 0 Å². The monoisotopic (exact) mass is 186 g/mol. The van der Waals surface area contributed by atoms with E-state index in [1.165, 1.54) is 6.92 Å². The van der Waals surface area contributed by atoms with Crippen LogP contribution in [0.4, 0.5) is 0 Å². The first kappa shape index (κ1) is 11.4. The third-order valence-electron chi connectivity index (χ3n) is 1.06. The van der Waals surface area contributed by atoms with Crippen molar-refractivity contribution in [1.29, 1.82) is 0 Å².